The Hall–Kier alpha value is -1.68. The number of piperidine rings is 1. The van der Waals surface area contributed by atoms with E-state index >= 15 is 0 Å². The van der Waals surface area contributed by atoms with E-state index in [1.54, 1.807) is 23.5 Å². The van der Waals surface area contributed by atoms with Crippen LogP contribution in [-0.4, -0.2) is 45.7 Å². The summed E-state index contributed by atoms with van der Waals surface area (Å²) < 4.78 is 34.6. The van der Waals surface area contributed by atoms with Gasteiger partial charge in [-0.05, 0) is 69.5 Å². The van der Waals surface area contributed by atoms with Crippen molar-refractivity contribution >= 4 is 26.5 Å². The molecule has 1 aromatic carbocycles. The fraction of sp³-hybridized carbons (Fsp3) is 0.591. The van der Waals surface area contributed by atoms with Crippen LogP contribution in [0.3, 0.4) is 0 Å². The second-order valence-corrected chi connectivity index (χ2v) is 11.1. The molecule has 2 aromatic rings. The highest BCUT2D eigenvalue weighted by atomic mass is 32.2. The standard InChI is InChI=1S/C22H32N4O3S2/c1-15-21(30-22(24-15)25-17-6-4-3-5-7-17)16-8-9-19(29-2)20(14-16)31(27,28)26-18-10-12-23-13-11-18/h8-9,14,17-18,23,26H,3-7,10-13H2,1-2H3,(H,24,25). The molecular formula is C22H32N4O3S2. The van der Waals surface area contributed by atoms with Crippen LogP contribution in [0.2, 0.25) is 0 Å². The van der Waals surface area contributed by atoms with Crippen LogP contribution < -0.4 is 20.1 Å². The number of aryl methyl sites for hydroxylation is 1. The molecule has 31 heavy (non-hydrogen) atoms. The molecule has 0 bridgehead atoms. The highest BCUT2D eigenvalue weighted by Gasteiger charge is 2.26. The predicted octanol–water partition coefficient (Wildman–Crippen LogP) is 3.90. The van der Waals surface area contributed by atoms with Crippen LogP contribution in [0.15, 0.2) is 23.1 Å². The number of hydrogen-bond acceptors (Lipinski definition) is 7. The first-order valence-corrected chi connectivity index (χ1v) is 13.4. The third-order valence-corrected chi connectivity index (χ3v) is 8.79. The van der Waals surface area contributed by atoms with E-state index in [1.165, 1.54) is 39.2 Å². The quantitative estimate of drug-likeness (QED) is 0.576. The summed E-state index contributed by atoms with van der Waals surface area (Å²) in [5.74, 6) is 0.355. The van der Waals surface area contributed by atoms with Crippen LogP contribution in [0.1, 0.15) is 50.6 Å². The topological polar surface area (TPSA) is 92.3 Å². The van der Waals surface area contributed by atoms with Crippen molar-refractivity contribution in [3.8, 4) is 16.2 Å². The largest absolute Gasteiger partial charge is 0.495 e. The zero-order chi connectivity index (χ0) is 21.8. The molecule has 1 saturated carbocycles. The molecule has 9 heteroatoms. The first-order chi connectivity index (χ1) is 15.0. The van der Waals surface area contributed by atoms with E-state index in [4.69, 9.17) is 9.72 Å². The normalized spacial score (nSPS) is 18.8. The number of benzene rings is 1. The van der Waals surface area contributed by atoms with E-state index in [1.807, 2.05) is 13.0 Å². The number of aromatic nitrogens is 1. The van der Waals surface area contributed by atoms with Gasteiger partial charge in [0.05, 0.1) is 17.7 Å². The number of nitrogens with one attached hydrogen (secondary N) is 3. The van der Waals surface area contributed by atoms with Gasteiger partial charge in [-0.3, -0.25) is 0 Å². The first kappa shape index (κ1) is 22.5. The Bertz CT molecular complexity index is 994. The lowest BCUT2D eigenvalue weighted by Crippen LogP contribution is -2.42. The van der Waals surface area contributed by atoms with Crippen molar-refractivity contribution in [3.63, 3.8) is 0 Å². The summed E-state index contributed by atoms with van der Waals surface area (Å²) >= 11 is 1.59. The van der Waals surface area contributed by atoms with Gasteiger partial charge >= 0.3 is 0 Å². The molecule has 0 unspecified atom stereocenters. The van der Waals surface area contributed by atoms with Gasteiger partial charge in [0.1, 0.15) is 10.6 Å². The van der Waals surface area contributed by atoms with E-state index in [-0.39, 0.29) is 10.9 Å². The Kier molecular flexibility index (Phi) is 7.15. The Morgan fingerprint density at radius 1 is 1.10 bits per heavy atom. The molecule has 0 spiro atoms. The van der Waals surface area contributed by atoms with Crippen molar-refractivity contribution in [2.24, 2.45) is 0 Å². The number of anilines is 1. The van der Waals surface area contributed by atoms with Crippen molar-refractivity contribution in [1.82, 2.24) is 15.0 Å². The van der Waals surface area contributed by atoms with E-state index in [0.717, 1.165) is 47.2 Å². The summed E-state index contributed by atoms with van der Waals surface area (Å²) in [6.45, 7) is 3.62. The van der Waals surface area contributed by atoms with Gasteiger partial charge in [-0.15, -0.1) is 0 Å². The van der Waals surface area contributed by atoms with Gasteiger partial charge in [-0.1, -0.05) is 30.6 Å². The molecule has 0 atom stereocenters. The monoisotopic (exact) mass is 464 g/mol. The van der Waals surface area contributed by atoms with E-state index < -0.39 is 10.0 Å². The SMILES string of the molecule is COc1ccc(-c2sc(NC3CCCCC3)nc2C)cc1S(=O)(=O)NC1CCNCC1. The summed E-state index contributed by atoms with van der Waals surface area (Å²) in [6, 6.07) is 5.78. The van der Waals surface area contributed by atoms with Gasteiger partial charge in [-0.25, -0.2) is 18.1 Å². The molecule has 3 N–H and O–H groups in total. The van der Waals surface area contributed by atoms with Crippen LogP contribution >= 0.6 is 11.3 Å². The van der Waals surface area contributed by atoms with Gasteiger partial charge in [-0.2, -0.15) is 0 Å². The number of methoxy groups -OCH3 is 1. The Balaban J connectivity index is 1.59. The van der Waals surface area contributed by atoms with Crippen molar-refractivity contribution in [1.29, 1.82) is 0 Å². The van der Waals surface area contributed by atoms with Gasteiger partial charge in [0, 0.05) is 12.1 Å². The van der Waals surface area contributed by atoms with Crippen molar-refractivity contribution in [3.05, 3.63) is 23.9 Å². The third-order valence-electron chi connectivity index (χ3n) is 6.11. The summed E-state index contributed by atoms with van der Waals surface area (Å²) in [4.78, 5) is 5.88. The van der Waals surface area contributed by atoms with Crippen LogP contribution in [0.4, 0.5) is 5.13 Å². The van der Waals surface area contributed by atoms with E-state index in [0.29, 0.717) is 11.8 Å². The number of ether oxygens (including phenoxy) is 1. The number of nitrogens with zero attached hydrogens (tertiary/aromatic N) is 1. The first-order valence-electron chi connectivity index (χ1n) is 11.1. The molecule has 170 valence electrons. The molecule has 1 aromatic heterocycles. The minimum atomic E-state index is -3.70. The predicted molar refractivity (Wildman–Crippen MR) is 126 cm³/mol. The maximum absolute atomic E-state index is 13.2. The minimum absolute atomic E-state index is 0.0592. The lowest BCUT2D eigenvalue weighted by molar-refractivity contribution is 0.399. The molecule has 2 aliphatic rings. The van der Waals surface area contributed by atoms with Crippen molar-refractivity contribution < 1.29 is 13.2 Å². The average molecular weight is 465 g/mol. The molecule has 1 aliphatic heterocycles. The van der Waals surface area contributed by atoms with Gasteiger partial charge in [0.15, 0.2) is 5.13 Å². The number of hydrogen-bond donors (Lipinski definition) is 3. The fourth-order valence-corrected chi connectivity index (χ4v) is 6.94. The zero-order valence-electron chi connectivity index (χ0n) is 18.2. The van der Waals surface area contributed by atoms with E-state index in [9.17, 15) is 8.42 Å². The third kappa shape index (κ3) is 5.39. The fourth-order valence-electron chi connectivity index (χ4n) is 4.40. The molecular weight excluding hydrogens is 432 g/mol. The Morgan fingerprint density at radius 3 is 2.55 bits per heavy atom. The second-order valence-electron chi connectivity index (χ2n) is 8.42. The molecule has 2 heterocycles. The van der Waals surface area contributed by atoms with Gasteiger partial charge < -0.3 is 15.4 Å². The van der Waals surface area contributed by atoms with Crippen LogP contribution in [-0.2, 0) is 10.0 Å². The molecule has 1 aliphatic carbocycles. The average Bonchev–Trinajstić information content (AvgIpc) is 3.14. The van der Waals surface area contributed by atoms with Crippen LogP contribution in [0.5, 0.6) is 5.75 Å². The summed E-state index contributed by atoms with van der Waals surface area (Å²) in [5.41, 5.74) is 1.75. The smallest absolute Gasteiger partial charge is 0.244 e. The maximum atomic E-state index is 13.2. The minimum Gasteiger partial charge on any atom is -0.495 e. The lowest BCUT2D eigenvalue weighted by Gasteiger charge is -2.24. The van der Waals surface area contributed by atoms with Crippen molar-refractivity contribution in [2.75, 3.05) is 25.5 Å². The number of sulfonamides is 1. The molecule has 7 nitrogen and oxygen atoms in total. The summed E-state index contributed by atoms with van der Waals surface area (Å²) in [5, 5.41) is 7.75. The zero-order valence-corrected chi connectivity index (χ0v) is 19.9. The molecule has 1 saturated heterocycles. The summed E-state index contributed by atoms with van der Waals surface area (Å²) in [6.07, 6.45) is 7.77. The lowest BCUT2D eigenvalue weighted by atomic mass is 9.96. The molecule has 4 rings (SSSR count). The van der Waals surface area contributed by atoms with Crippen molar-refractivity contribution in [2.45, 2.75) is 68.8 Å². The second kappa shape index (κ2) is 9.85. The Labute approximate surface area is 189 Å². The number of rotatable bonds is 7. The van der Waals surface area contributed by atoms with Crippen LogP contribution in [0, 0.1) is 6.92 Å². The molecule has 0 amide bonds. The molecule has 2 fully saturated rings. The van der Waals surface area contributed by atoms with E-state index in [2.05, 4.69) is 15.4 Å². The maximum Gasteiger partial charge on any atom is 0.244 e. The number of thiazole rings is 1. The molecule has 0 radical (unpaired) electrons. The highest BCUT2D eigenvalue weighted by Crippen LogP contribution is 2.37. The highest BCUT2D eigenvalue weighted by molar-refractivity contribution is 7.89. The summed E-state index contributed by atoms with van der Waals surface area (Å²) in [7, 11) is -2.19. The van der Waals surface area contributed by atoms with Gasteiger partial charge in [0.2, 0.25) is 10.0 Å². The van der Waals surface area contributed by atoms with Gasteiger partial charge in [0.25, 0.3) is 0 Å². The Morgan fingerprint density at radius 2 is 1.84 bits per heavy atom. The van der Waals surface area contributed by atoms with Crippen LogP contribution in [0.25, 0.3) is 10.4 Å².